The Morgan fingerprint density at radius 2 is 2.21 bits per heavy atom. The average molecular weight is 328 g/mol. The number of pyridine rings is 1. The number of benzene rings is 1. The van der Waals surface area contributed by atoms with E-state index in [9.17, 15) is 14.9 Å². The molecule has 1 aliphatic carbocycles. The lowest BCUT2D eigenvalue weighted by Gasteiger charge is -2.11. The molecule has 0 unspecified atom stereocenters. The van der Waals surface area contributed by atoms with E-state index in [4.69, 9.17) is 0 Å². The molecule has 2 aromatic rings. The van der Waals surface area contributed by atoms with Crippen molar-refractivity contribution in [2.75, 3.05) is 11.9 Å². The van der Waals surface area contributed by atoms with Crippen molar-refractivity contribution in [1.82, 2.24) is 10.3 Å². The fourth-order valence-electron chi connectivity index (χ4n) is 2.65. The van der Waals surface area contributed by atoms with Crippen molar-refractivity contribution >= 4 is 28.2 Å². The van der Waals surface area contributed by atoms with Crippen LogP contribution in [0.15, 0.2) is 24.3 Å². The SMILES string of the molecule is Cc1cc(NCCCC(=O)NC2CC2)c2cccc([N+](=O)[O-])c2n1. The number of amides is 1. The summed E-state index contributed by atoms with van der Waals surface area (Å²) in [6, 6.07) is 7.19. The summed E-state index contributed by atoms with van der Waals surface area (Å²) in [4.78, 5) is 26.7. The van der Waals surface area contributed by atoms with Crippen LogP contribution in [0.1, 0.15) is 31.4 Å². The molecule has 1 fully saturated rings. The van der Waals surface area contributed by atoms with Crippen molar-refractivity contribution in [3.05, 3.63) is 40.1 Å². The molecule has 7 nitrogen and oxygen atoms in total. The molecule has 1 aromatic carbocycles. The summed E-state index contributed by atoms with van der Waals surface area (Å²) in [6.07, 6.45) is 3.36. The molecule has 0 aliphatic heterocycles. The number of aryl methyl sites for hydroxylation is 1. The van der Waals surface area contributed by atoms with Crippen molar-refractivity contribution in [3.63, 3.8) is 0 Å². The van der Waals surface area contributed by atoms with Gasteiger partial charge in [0.15, 0.2) is 5.52 Å². The smallest absolute Gasteiger partial charge is 0.295 e. The molecular formula is C17H20N4O3. The van der Waals surface area contributed by atoms with Gasteiger partial charge < -0.3 is 10.6 Å². The number of carbonyl (C=O) groups excluding carboxylic acids is 1. The Hall–Kier alpha value is -2.70. The van der Waals surface area contributed by atoms with Crippen molar-refractivity contribution in [2.45, 2.75) is 38.6 Å². The van der Waals surface area contributed by atoms with E-state index in [1.54, 1.807) is 6.07 Å². The fraction of sp³-hybridized carbons (Fsp3) is 0.412. The third kappa shape index (κ3) is 3.79. The third-order valence-electron chi connectivity index (χ3n) is 3.98. The van der Waals surface area contributed by atoms with E-state index in [0.29, 0.717) is 36.6 Å². The number of nitro benzene ring substituents is 1. The number of non-ortho nitro benzene ring substituents is 1. The first kappa shape index (κ1) is 16.2. The van der Waals surface area contributed by atoms with E-state index in [-0.39, 0.29) is 11.6 Å². The quantitative estimate of drug-likeness (QED) is 0.463. The number of anilines is 1. The third-order valence-corrected chi connectivity index (χ3v) is 3.98. The number of aromatic nitrogens is 1. The van der Waals surface area contributed by atoms with E-state index in [2.05, 4.69) is 15.6 Å². The first-order valence-electron chi connectivity index (χ1n) is 8.12. The molecule has 0 radical (unpaired) electrons. The fourth-order valence-corrected chi connectivity index (χ4v) is 2.65. The number of para-hydroxylation sites is 1. The van der Waals surface area contributed by atoms with Crippen molar-refractivity contribution in [1.29, 1.82) is 0 Å². The maximum Gasteiger partial charge on any atom is 0.295 e. The van der Waals surface area contributed by atoms with Gasteiger partial charge in [-0.05, 0) is 32.3 Å². The highest BCUT2D eigenvalue weighted by molar-refractivity contribution is 5.96. The van der Waals surface area contributed by atoms with Crippen LogP contribution in [0.3, 0.4) is 0 Å². The minimum absolute atomic E-state index is 0.00283. The normalized spacial score (nSPS) is 13.7. The molecular weight excluding hydrogens is 308 g/mol. The van der Waals surface area contributed by atoms with E-state index >= 15 is 0 Å². The lowest BCUT2D eigenvalue weighted by molar-refractivity contribution is -0.383. The molecule has 0 saturated heterocycles. The molecule has 0 bridgehead atoms. The molecule has 24 heavy (non-hydrogen) atoms. The second kappa shape index (κ2) is 6.82. The number of nitrogens with one attached hydrogen (secondary N) is 2. The second-order valence-electron chi connectivity index (χ2n) is 6.11. The largest absolute Gasteiger partial charge is 0.384 e. The van der Waals surface area contributed by atoms with Crippen LogP contribution in [-0.2, 0) is 4.79 Å². The molecule has 1 heterocycles. The zero-order chi connectivity index (χ0) is 17.1. The molecule has 0 spiro atoms. The van der Waals surface area contributed by atoms with E-state index in [1.807, 2.05) is 19.1 Å². The van der Waals surface area contributed by atoms with E-state index in [1.165, 1.54) is 6.07 Å². The highest BCUT2D eigenvalue weighted by Crippen LogP contribution is 2.29. The number of carbonyl (C=O) groups is 1. The summed E-state index contributed by atoms with van der Waals surface area (Å²) in [6.45, 7) is 2.43. The Balaban J connectivity index is 1.68. The average Bonchev–Trinajstić information content (AvgIpc) is 3.34. The van der Waals surface area contributed by atoms with Crippen LogP contribution in [-0.4, -0.2) is 28.4 Å². The Morgan fingerprint density at radius 3 is 2.92 bits per heavy atom. The van der Waals surface area contributed by atoms with Crippen LogP contribution in [0.2, 0.25) is 0 Å². The molecule has 2 N–H and O–H groups in total. The highest BCUT2D eigenvalue weighted by Gasteiger charge is 2.22. The van der Waals surface area contributed by atoms with Gasteiger partial charge in [-0.2, -0.15) is 0 Å². The van der Waals surface area contributed by atoms with Crippen molar-refractivity contribution < 1.29 is 9.72 Å². The van der Waals surface area contributed by atoms with Crippen LogP contribution in [0.5, 0.6) is 0 Å². The standard InChI is InChI=1S/C17H20N4O3/c1-11-10-14(18-9-3-6-16(22)20-12-7-8-12)13-4-2-5-15(21(23)24)17(13)19-11/h2,4-5,10,12H,3,6-9H2,1H3,(H,18,19)(H,20,22). The number of nitro groups is 1. The molecule has 7 heteroatoms. The van der Waals surface area contributed by atoms with Gasteiger partial charge >= 0.3 is 0 Å². The van der Waals surface area contributed by atoms with Gasteiger partial charge in [-0.1, -0.05) is 12.1 Å². The number of fused-ring (bicyclic) bond motifs is 1. The van der Waals surface area contributed by atoms with Crippen molar-refractivity contribution in [3.8, 4) is 0 Å². The van der Waals surface area contributed by atoms with Crippen LogP contribution >= 0.6 is 0 Å². The molecule has 126 valence electrons. The number of rotatable bonds is 7. The van der Waals surface area contributed by atoms with E-state index in [0.717, 1.165) is 23.9 Å². The number of nitrogens with zero attached hydrogens (tertiary/aromatic N) is 2. The first-order valence-corrected chi connectivity index (χ1v) is 8.12. The lowest BCUT2D eigenvalue weighted by atomic mass is 10.1. The van der Waals surface area contributed by atoms with Gasteiger partial charge in [0.1, 0.15) is 0 Å². The minimum Gasteiger partial charge on any atom is -0.384 e. The summed E-state index contributed by atoms with van der Waals surface area (Å²) in [5, 5.41) is 18.1. The van der Waals surface area contributed by atoms with Crippen LogP contribution in [0, 0.1) is 17.0 Å². The van der Waals surface area contributed by atoms with Crippen molar-refractivity contribution in [2.24, 2.45) is 0 Å². The monoisotopic (exact) mass is 328 g/mol. The van der Waals surface area contributed by atoms with Gasteiger partial charge in [0.2, 0.25) is 5.91 Å². The van der Waals surface area contributed by atoms with Crippen LogP contribution < -0.4 is 10.6 Å². The Bertz CT molecular complexity index is 787. The van der Waals surface area contributed by atoms with Gasteiger partial charge in [-0.25, -0.2) is 4.98 Å². The Morgan fingerprint density at radius 1 is 1.42 bits per heavy atom. The molecule has 1 aromatic heterocycles. The predicted molar refractivity (Wildman–Crippen MR) is 92.0 cm³/mol. The summed E-state index contributed by atoms with van der Waals surface area (Å²) < 4.78 is 0. The summed E-state index contributed by atoms with van der Waals surface area (Å²) >= 11 is 0. The highest BCUT2D eigenvalue weighted by atomic mass is 16.6. The maximum absolute atomic E-state index is 11.7. The summed E-state index contributed by atoms with van der Waals surface area (Å²) in [7, 11) is 0. The van der Waals surface area contributed by atoms with Gasteiger partial charge in [0.25, 0.3) is 5.69 Å². The number of hydrogen-bond acceptors (Lipinski definition) is 5. The maximum atomic E-state index is 11.7. The molecule has 0 atom stereocenters. The zero-order valence-corrected chi connectivity index (χ0v) is 13.5. The van der Waals surface area contributed by atoms with Crippen LogP contribution in [0.25, 0.3) is 10.9 Å². The first-order chi connectivity index (χ1) is 11.5. The van der Waals surface area contributed by atoms with Crippen LogP contribution in [0.4, 0.5) is 11.4 Å². The van der Waals surface area contributed by atoms with Gasteiger partial charge in [-0.3, -0.25) is 14.9 Å². The Kier molecular flexibility index (Phi) is 4.59. The van der Waals surface area contributed by atoms with E-state index < -0.39 is 4.92 Å². The minimum atomic E-state index is -0.416. The zero-order valence-electron chi connectivity index (χ0n) is 13.5. The van der Waals surface area contributed by atoms with Gasteiger partial charge in [-0.15, -0.1) is 0 Å². The number of hydrogen-bond donors (Lipinski definition) is 2. The second-order valence-corrected chi connectivity index (χ2v) is 6.11. The molecule has 3 rings (SSSR count). The molecule has 1 aliphatic rings. The summed E-state index contributed by atoms with van der Waals surface area (Å²) in [5.41, 5.74) is 1.91. The van der Waals surface area contributed by atoms with Gasteiger partial charge in [0, 0.05) is 41.8 Å². The lowest BCUT2D eigenvalue weighted by Crippen LogP contribution is -2.25. The Labute approximate surface area is 139 Å². The molecule has 1 saturated carbocycles. The predicted octanol–water partition coefficient (Wildman–Crippen LogP) is 2.92. The summed E-state index contributed by atoms with van der Waals surface area (Å²) in [5.74, 6) is 0.0886. The van der Waals surface area contributed by atoms with Gasteiger partial charge in [0.05, 0.1) is 4.92 Å². The topological polar surface area (TPSA) is 97.2 Å². The molecule has 1 amide bonds.